The Hall–Kier alpha value is -3.30. The van der Waals surface area contributed by atoms with Gasteiger partial charge in [0.15, 0.2) is 0 Å². The summed E-state index contributed by atoms with van der Waals surface area (Å²) in [6.45, 7) is 10.5. The summed E-state index contributed by atoms with van der Waals surface area (Å²) in [6.07, 6.45) is 5.80. The predicted molar refractivity (Wildman–Crippen MR) is 227 cm³/mol. The molecule has 0 radical (unpaired) electrons. The fraction of sp³-hybridized carbons (Fsp3) is 0.600. The summed E-state index contributed by atoms with van der Waals surface area (Å²) in [5.41, 5.74) is 7.06. The number of nitrogens with zero attached hydrogens (tertiary/aromatic N) is 6. The van der Waals surface area contributed by atoms with Crippen LogP contribution < -0.4 is 9.80 Å². The van der Waals surface area contributed by atoms with Crippen molar-refractivity contribution in [3.05, 3.63) is 82.4 Å². The lowest BCUT2D eigenvalue weighted by Crippen LogP contribution is -2.39. The third-order valence-corrected chi connectivity index (χ3v) is 10.1. The van der Waals surface area contributed by atoms with Crippen molar-refractivity contribution < 1.29 is 28.1 Å². The van der Waals surface area contributed by atoms with Crippen LogP contribution in [0.5, 0.6) is 11.5 Å². The van der Waals surface area contributed by atoms with Gasteiger partial charge in [-0.2, -0.15) is 0 Å². The Labute approximate surface area is 324 Å². The first-order valence-corrected chi connectivity index (χ1v) is 19.9. The number of hydrogen-bond donors (Lipinski definition) is 2. The molecule has 53 heavy (non-hydrogen) atoms. The van der Waals surface area contributed by atoms with Crippen molar-refractivity contribution in [3.63, 3.8) is 0 Å². The molecule has 0 aliphatic carbocycles. The molecule has 3 aromatic carbocycles. The topological polar surface area (TPSA) is 46.9 Å². The SMILES string of the molecule is Cc1c(O)c(Cc2ccc(N(CCC[N+](C)(C)C)CCC[N+](C)(C)C)cc2)cc(Cc2ccc(N(CCC[N+](C)(C)C)CCC[N+](C)(C)C)cc2)c1O. The second kappa shape index (κ2) is 18.8. The van der Waals surface area contributed by atoms with Gasteiger partial charge in [0.1, 0.15) is 11.5 Å². The minimum Gasteiger partial charge on any atom is -0.507 e. The van der Waals surface area contributed by atoms with Gasteiger partial charge in [-0.25, -0.2) is 0 Å². The molecule has 8 nitrogen and oxygen atoms in total. The van der Waals surface area contributed by atoms with Gasteiger partial charge in [-0.05, 0) is 59.5 Å². The van der Waals surface area contributed by atoms with Gasteiger partial charge in [0, 0.05) is 81.6 Å². The average Bonchev–Trinajstić information content (AvgIpc) is 3.03. The van der Waals surface area contributed by atoms with E-state index in [1.54, 1.807) is 0 Å². The zero-order valence-electron chi connectivity index (χ0n) is 36.2. The van der Waals surface area contributed by atoms with Crippen molar-refractivity contribution in [3.8, 4) is 11.5 Å². The highest BCUT2D eigenvalue weighted by atomic mass is 16.3. The third kappa shape index (κ3) is 16.3. The highest BCUT2D eigenvalue weighted by molar-refractivity contribution is 5.56. The number of benzene rings is 3. The summed E-state index contributed by atoms with van der Waals surface area (Å²) in [5, 5.41) is 22.3. The standard InChI is InChI=1S/C45H76N6O2/c1-37-44(52)40(34-38-18-22-42(23-19-38)46(26-14-30-48(2,3)4)27-15-31-49(5,6)7)36-41(45(37)53)35-39-20-24-43(25-21-39)47(28-16-32-50(8,9)10)29-17-33-51(11,12)13/h18-25,36H,14-17,26-35H2,1-13H3/q+2/p+2. The fourth-order valence-electron chi connectivity index (χ4n) is 6.98. The van der Waals surface area contributed by atoms with Crippen LogP contribution in [-0.4, -0.2) is 165 Å². The summed E-state index contributed by atoms with van der Waals surface area (Å²) < 4.78 is 3.90. The molecule has 0 aliphatic heterocycles. The van der Waals surface area contributed by atoms with Gasteiger partial charge in [-0.15, -0.1) is 0 Å². The largest absolute Gasteiger partial charge is 0.507 e. The Morgan fingerprint density at radius 3 is 0.943 bits per heavy atom. The van der Waals surface area contributed by atoms with E-state index in [4.69, 9.17) is 0 Å². The Kier molecular flexibility index (Phi) is 15.7. The summed E-state index contributed by atoms with van der Waals surface area (Å²) in [5.74, 6) is 0.373. The number of phenolic OH excluding ortho intramolecular Hbond substituents is 2. The summed E-state index contributed by atoms with van der Waals surface area (Å²) >= 11 is 0. The Morgan fingerprint density at radius 1 is 0.434 bits per heavy atom. The van der Waals surface area contributed by atoms with E-state index in [0.717, 1.165) is 118 Å². The summed E-state index contributed by atoms with van der Waals surface area (Å²) in [7, 11) is 27.1. The maximum absolute atomic E-state index is 11.2. The first-order valence-electron chi connectivity index (χ1n) is 19.9. The molecule has 0 unspecified atom stereocenters. The highest BCUT2D eigenvalue weighted by Crippen LogP contribution is 2.36. The number of phenols is 2. The van der Waals surface area contributed by atoms with Gasteiger partial charge in [0.05, 0.1) is 111 Å². The molecule has 2 N–H and O–H groups in total. The second-order valence-corrected chi connectivity index (χ2v) is 19.6. The van der Waals surface area contributed by atoms with E-state index in [1.165, 1.54) is 11.4 Å². The molecule has 8 heteroatoms. The van der Waals surface area contributed by atoms with Gasteiger partial charge < -0.3 is 37.9 Å². The molecule has 0 aliphatic rings. The quantitative estimate of drug-likeness (QED) is 0.115. The number of anilines is 2. The zero-order valence-corrected chi connectivity index (χ0v) is 36.2. The molecule has 0 saturated carbocycles. The van der Waals surface area contributed by atoms with E-state index in [1.807, 2.05) is 13.0 Å². The van der Waals surface area contributed by atoms with Crippen molar-refractivity contribution >= 4 is 11.4 Å². The van der Waals surface area contributed by atoms with Crippen molar-refractivity contribution in [2.45, 2.75) is 45.4 Å². The number of quaternary nitrogens is 4. The second-order valence-electron chi connectivity index (χ2n) is 19.6. The summed E-state index contributed by atoms with van der Waals surface area (Å²) in [4.78, 5) is 5.08. The van der Waals surface area contributed by atoms with Crippen LogP contribution in [-0.2, 0) is 12.8 Å². The van der Waals surface area contributed by atoms with E-state index in [2.05, 4.69) is 143 Å². The van der Waals surface area contributed by atoms with Gasteiger partial charge >= 0.3 is 0 Å². The lowest BCUT2D eigenvalue weighted by molar-refractivity contribution is -0.870. The molecule has 3 rings (SSSR count). The van der Waals surface area contributed by atoms with Crippen molar-refractivity contribution in [1.29, 1.82) is 0 Å². The first-order chi connectivity index (χ1) is 24.5. The van der Waals surface area contributed by atoms with E-state index in [0.29, 0.717) is 18.4 Å². The van der Waals surface area contributed by atoms with Crippen LogP contribution in [0.2, 0.25) is 0 Å². The Bertz CT molecular complexity index is 1390. The number of rotatable bonds is 22. The van der Waals surface area contributed by atoms with Crippen LogP contribution in [0.25, 0.3) is 0 Å². The fourth-order valence-corrected chi connectivity index (χ4v) is 6.98. The van der Waals surface area contributed by atoms with E-state index in [-0.39, 0.29) is 11.5 Å². The van der Waals surface area contributed by atoms with E-state index < -0.39 is 0 Å². The molecule has 0 amide bonds. The van der Waals surface area contributed by atoms with Crippen LogP contribution >= 0.6 is 0 Å². The van der Waals surface area contributed by atoms with Crippen molar-refractivity contribution in [2.75, 3.05) is 147 Å². The third-order valence-electron chi connectivity index (χ3n) is 10.1. The monoisotopic (exact) mass is 735 g/mol. The van der Waals surface area contributed by atoms with Gasteiger partial charge in [0.25, 0.3) is 0 Å². The maximum atomic E-state index is 11.2. The molecule has 3 aromatic rings. The van der Waals surface area contributed by atoms with Crippen LogP contribution in [0, 0.1) is 6.92 Å². The van der Waals surface area contributed by atoms with E-state index in [9.17, 15) is 10.2 Å². The smallest absolute Gasteiger partial charge is 0.125 e. The maximum Gasteiger partial charge on any atom is 0.125 e. The van der Waals surface area contributed by atoms with Crippen LogP contribution in [0.3, 0.4) is 0 Å². The zero-order chi connectivity index (χ0) is 39.6. The lowest BCUT2D eigenvalue weighted by Gasteiger charge is -2.30. The molecule has 0 saturated heterocycles. The molecular weight excluding hydrogens is 657 g/mol. The van der Waals surface area contributed by atoms with E-state index >= 15 is 0 Å². The molecule has 0 spiro atoms. The minimum atomic E-state index is 0.186. The van der Waals surface area contributed by atoms with Crippen molar-refractivity contribution in [1.82, 2.24) is 0 Å². The first kappa shape index (κ1) is 44.1. The molecule has 0 aromatic heterocycles. The highest BCUT2D eigenvalue weighted by Gasteiger charge is 2.18. The van der Waals surface area contributed by atoms with Crippen LogP contribution in [0.1, 0.15) is 53.5 Å². The van der Waals surface area contributed by atoms with Gasteiger partial charge in [0.2, 0.25) is 0 Å². The van der Waals surface area contributed by atoms with Gasteiger partial charge in [-0.3, -0.25) is 0 Å². The predicted octanol–water partition coefficient (Wildman–Crippen LogP) is 6.59. The number of aromatic hydroxyl groups is 2. The molecule has 0 fully saturated rings. The van der Waals surface area contributed by atoms with Crippen LogP contribution in [0.15, 0.2) is 54.6 Å². The normalized spacial score (nSPS) is 12.7. The lowest BCUT2D eigenvalue weighted by atomic mass is 9.94. The van der Waals surface area contributed by atoms with Crippen LogP contribution in [0.4, 0.5) is 11.4 Å². The molecule has 296 valence electrons. The number of hydrogen-bond acceptors (Lipinski definition) is 4. The van der Waals surface area contributed by atoms with Crippen molar-refractivity contribution in [2.24, 2.45) is 0 Å². The Balaban J connectivity index is 1.76. The molecule has 0 bridgehead atoms. The minimum absolute atomic E-state index is 0.186. The Morgan fingerprint density at radius 2 is 0.698 bits per heavy atom. The average molecular weight is 735 g/mol. The van der Waals surface area contributed by atoms with Gasteiger partial charge in [-0.1, -0.05) is 24.3 Å². The molecule has 0 atom stereocenters. The molecule has 0 heterocycles. The summed E-state index contributed by atoms with van der Waals surface area (Å²) in [6, 6.07) is 19.8. The molecular formula is C45H78N6O2+4.